The van der Waals surface area contributed by atoms with E-state index in [2.05, 4.69) is 10.6 Å². The number of halogens is 1. The zero-order chi connectivity index (χ0) is 14.4. The molecule has 0 atom stereocenters. The smallest absolute Gasteiger partial charge is 0.224 e. The number of nitrogens with one attached hydrogen (secondary N) is 2. The molecule has 0 unspecified atom stereocenters. The molecule has 20 heavy (non-hydrogen) atoms. The van der Waals surface area contributed by atoms with Crippen LogP contribution in [0.2, 0.25) is 0 Å². The maximum atomic E-state index is 13.4. The first kappa shape index (κ1) is 14.5. The van der Waals surface area contributed by atoms with E-state index in [0.29, 0.717) is 12.3 Å². The molecule has 0 aliphatic carbocycles. The van der Waals surface area contributed by atoms with Crippen LogP contribution in [0.5, 0.6) is 0 Å². The molecule has 4 nitrogen and oxygen atoms in total. The standard InChI is InChI=1S/C15H18FN3O/c16-13-2-1-3-14(12(13)10-17)19-15(20)5-4-11-6-8-18-9-7-11/h1-3,11,18H,4-9H2,(H,19,20). The van der Waals surface area contributed by atoms with Gasteiger partial charge in [0.2, 0.25) is 5.91 Å². The number of carbonyl (C=O) groups excluding carboxylic acids is 1. The van der Waals surface area contributed by atoms with Crippen molar-refractivity contribution in [2.24, 2.45) is 5.92 Å². The van der Waals surface area contributed by atoms with Gasteiger partial charge in [0, 0.05) is 6.42 Å². The number of hydrogen-bond acceptors (Lipinski definition) is 3. The van der Waals surface area contributed by atoms with Crippen molar-refractivity contribution in [1.29, 1.82) is 5.26 Å². The predicted molar refractivity (Wildman–Crippen MR) is 74.6 cm³/mol. The highest BCUT2D eigenvalue weighted by molar-refractivity contribution is 5.92. The Morgan fingerprint density at radius 1 is 1.45 bits per heavy atom. The predicted octanol–water partition coefficient (Wildman–Crippen LogP) is 2.42. The Bertz CT molecular complexity index is 518. The number of nitriles is 1. The summed E-state index contributed by atoms with van der Waals surface area (Å²) in [5.74, 6) is -0.195. The van der Waals surface area contributed by atoms with Crippen LogP contribution < -0.4 is 10.6 Å². The highest BCUT2D eigenvalue weighted by atomic mass is 19.1. The van der Waals surface area contributed by atoms with E-state index in [1.165, 1.54) is 12.1 Å². The minimum atomic E-state index is -0.608. The molecule has 0 radical (unpaired) electrons. The summed E-state index contributed by atoms with van der Waals surface area (Å²) in [4.78, 5) is 11.9. The summed E-state index contributed by atoms with van der Waals surface area (Å²) < 4.78 is 13.4. The molecule has 5 heteroatoms. The summed E-state index contributed by atoms with van der Waals surface area (Å²) in [6.45, 7) is 2.02. The van der Waals surface area contributed by atoms with Gasteiger partial charge in [-0.1, -0.05) is 6.07 Å². The van der Waals surface area contributed by atoms with Gasteiger partial charge in [-0.3, -0.25) is 4.79 Å². The Kier molecular flexibility index (Phi) is 5.08. The van der Waals surface area contributed by atoms with Crippen molar-refractivity contribution in [2.75, 3.05) is 18.4 Å². The van der Waals surface area contributed by atoms with Crippen LogP contribution in [0.1, 0.15) is 31.2 Å². The molecule has 1 aliphatic rings. The second-order valence-corrected chi connectivity index (χ2v) is 5.05. The molecule has 1 aromatic carbocycles. The van der Waals surface area contributed by atoms with Gasteiger partial charge in [-0.25, -0.2) is 4.39 Å². The first-order valence-corrected chi connectivity index (χ1v) is 6.90. The van der Waals surface area contributed by atoms with E-state index in [9.17, 15) is 9.18 Å². The average Bonchev–Trinajstić information content (AvgIpc) is 2.46. The third-order valence-electron chi connectivity index (χ3n) is 3.64. The van der Waals surface area contributed by atoms with Crippen molar-refractivity contribution in [1.82, 2.24) is 5.32 Å². The van der Waals surface area contributed by atoms with E-state index >= 15 is 0 Å². The van der Waals surface area contributed by atoms with Crippen LogP contribution in [0.3, 0.4) is 0 Å². The van der Waals surface area contributed by atoms with Gasteiger partial charge in [0.15, 0.2) is 0 Å². The number of carbonyl (C=O) groups is 1. The number of anilines is 1. The van der Waals surface area contributed by atoms with E-state index < -0.39 is 5.82 Å². The Hall–Kier alpha value is -1.93. The molecule has 1 fully saturated rings. The largest absolute Gasteiger partial charge is 0.325 e. The van der Waals surface area contributed by atoms with Crippen LogP contribution in [0.15, 0.2) is 18.2 Å². The molecule has 1 aromatic rings. The molecule has 0 aromatic heterocycles. The van der Waals surface area contributed by atoms with Crippen molar-refractivity contribution in [3.63, 3.8) is 0 Å². The molecule has 1 amide bonds. The van der Waals surface area contributed by atoms with Crippen LogP contribution in [-0.4, -0.2) is 19.0 Å². The Morgan fingerprint density at radius 2 is 2.20 bits per heavy atom. The Labute approximate surface area is 118 Å². The Morgan fingerprint density at radius 3 is 2.90 bits per heavy atom. The van der Waals surface area contributed by atoms with Crippen molar-refractivity contribution in [2.45, 2.75) is 25.7 Å². The van der Waals surface area contributed by atoms with E-state index in [1.807, 2.05) is 0 Å². The molecular formula is C15H18FN3O. The Balaban J connectivity index is 1.88. The summed E-state index contributed by atoms with van der Waals surface area (Å²) in [5.41, 5.74) is 0.144. The molecular weight excluding hydrogens is 257 g/mol. The normalized spacial score (nSPS) is 15.6. The van der Waals surface area contributed by atoms with Gasteiger partial charge >= 0.3 is 0 Å². The van der Waals surface area contributed by atoms with Crippen LogP contribution in [0.25, 0.3) is 0 Å². The fraction of sp³-hybridized carbons (Fsp3) is 0.467. The number of hydrogen-bond donors (Lipinski definition) is 2. The maximum Gasteiger partial charge on any atom is 0.224 e. The van der Waals surface area contributed by atoms with Crippen LogP contribution in [0.4, 0.5) is 10.1 Å². The van der Waals surface area contributed by atoms with Crippen molar-refractivity contribution < 1.29 is 9.18 Å². The third kappa shape index (κ3) is 3.78. The van der Waals surface area contributed by atoms with Crippen molar-refractivity contribution in [3.8, 4) is 6.07 Å². The minimum Gasteiger partial charge on any atom is -0.325 e. The zero-order valence-electron chi connectivity index (χ0n) is 11.3. The molecule has 1 heterocycles. The summed E-state index contributed by atoms with van der Waals surface area (Å²) in [6, 6.07) is 6.02. The molecule has 106 valence electrons. The van der Waals surface area contributed by atoms with Crippen molar-refractivity contribution in [3.05, 3.63) is 29.6 Å². The van der Waals surface area contributed by atoms with E-state index in [4.69, 9.17) is 5.26 Å². The molecule has 1 saturated heterocycles. The fourth-order valence-electron chi connectivity index (χ4n) is 2.46. The first-order valence-electron chi connectivity index (χ1n) is 6.90. The van der Waals surface area contributed by atoms with E-state index in [0.717, 1.165) is 32.4 Å². The number of nitrogens with zero attached hydrogens (tertiary/aromatic N) is 1. The molecule has 2 N–H and O–H groups in total. The van der Waals surface area contributed by atoms with Gasteiger partial charge in [-0.15, -0.1) is 0 Å². The topological polar surface area (TPSA) is 64.9 Å². The van der Waals surface area contributed by atoms with Gasteiger partial charge in [0.1, 0.15) is 17.4 Å². The highest BCUT2D eigenvalue weighted by Crippen LogP contribution is 2.20. The summed E-state index contributed by atoms with van der Waals surface area (Å²) in [6.07, 6.45) is 3.43. The number of amides is 1. The molecule has 0 bridgehead atoms. The van der Waals surface area contributed by atoms with E-state index in [-0.39, 0.29) is 17.2 Å². The average molecular weight is 275 g/mol. The number of piperidine rings is 1. The van der Waals surface area contributed by atoms with Gasteiger partial charge < -0.3 is 10.6 Å². The lowest BCUT2D eigenvalue weighted by molar-refractivity contribution is -0.116. The second kappa shape index (κ2) is 7.01. The van der Waals surface area contributed by atoms with Crippen LogP contribution in [-0.2, 0) is 4.79 Å². The van der Waals surface area contributed by atoms with Gasteiger partial charge in [-0.2, -0.15) is 5.26 Å². The zero-order valence-corrected chi connectivity index (χ0v) is 11.3. The van der Waals surface area contributed by atoms with Crippen LogP contribution in [0, 0.1) is 23.1 Å². The van der Waals surface area contributed by atoms with Gasteiger partial charge in [-0.05, 0) is 50.4 Å². The summed E-state index contributed by atoms with van der Waals surface area (Å²) in [7, 11) is 0. The SMILES string of the molecule is N#Cc1c(F)cccc1NC(=O)CCC1CCNCC1. The maximum absolute atomic E-state index is 13.4. The molecule has 0 saturated carbocycles. The third-order valence-corrected chi connectivity index (χ3v) is 3.64. The molecule has 1 aliphatic heterocycles. The van der Waals surface area contributed by atoms with Gasteiger partial charge in [0.25, 0.3) is 0 Å². The summed E-state index contributed by atoms with van der Waals surface area (Å²) in [5, 5.41) is 14.8. The van der Waals surface area contributed by atoms with Crippen LogP contribution >= 0.6 is 0 Å². The van der Waals surface area contributed by atoms with E-state index in [1.54, 1.807) is 12.1 Å². The first-order chi connectivity index (χ1) is 9.70. The van der Waals surface area contributed by atoms with Gasteiger partial charge in [0.05, 0.1) is 5.69 Å². The minimum absolute atomic E-state index is 0.109. The lowest BCUT2D eigenvalue weighted by Gasteiger charge is -2.22. The number of benzene rings is 1. The molecule has 0 spiro atoms. The number of rotatable bonds is 4. The second-order valence-electron chi connectivity index (χ2n) is 5.05. The van der Waals surface area contributed by atoms with Crippen molar-refractivity contribution >= 4 is 11.6 Å². The molecule has 2 rings (SSSR count). The lowest BCUT2D eigenvalue weighted by Crippen LogP contribution is -2.28. The monoisotopic (exact) mass is 275 g/mol. The summed E-state index contributed by atoms with van der Waals surface area (Å²) >= 11 is 0. The highest BCUT2D eigenvalue weighted by Gasteiger charge is 2.15. The fourth-order valence-corrected chi connectivity index (χ4v) is 2.46. The lowest BCUT2D eigenvalue weighted by atomic mass is 9.93. The quantitative estimate of drug-likeness (QED) is 0.887.